The maximum atomic E-state index is 11.5. The first-order valence-electron chi connectivity index (χ1n) is 6.55. The Morgan fingerprint density at radius 2 is 1.94 bits per heavy atom. The number of carbonyl (C=O) groups excluding carboxylic acids is 1. The summed E-state index contributed by atoms with van der Waals surface area (Å²) in [6, 6.07) is 0. The second-order valence-electron chi connectivity index (χ2n) is 5.07. The number of nitrogens with one attached hydrogen (secondary N) is 1. The lowest BCUT2D eigenvalue weighted by molar-refractivity contribution is -0.121. The van der Waals surface area contributed by atoms with Crippen molar-refractivity contribution in [1.29, 1.82) is 0 Å². The normalized spacial score (nSPS) is 17.1. The molecule has 0 spiro atoms. The monoisotopic (exact) mass is 289 g/mol. The predicted molar refractivity (Wildman–Crippen MR) is 71.8 cm³/mol. The van der Waals surface area contributed by atoms with E-state index in [0.717, 1.165) is 18.3 Å². The van der Waals surface area contributed by atoms with Crippen LogP contribution < -0.4 is 5.32 Å². The highest BCUT2D eigenvalue weighted by atomic mass is 79.9. The minimum absolute atomic E-state index is 0.240. The van der Waals surface area contributed by atoms with Crippen molar-refractivity contribution in [2.45, 2.75) is 58.3 Å². The van der Waals surface area contributed by atoms with Crippen molar-refractivity contribution < 1.29 is 4.79 Å². The van der Waals surface area contributed by atoms with Gasteiger partial charge in [0.1, 0.15) is 0 Å². The summed E-state index contributed by atoms with van der Waals surface area (Å²) in [4.78, 5) is 11.5. The molecule has 0 bridgehead atoms. The lowest BCUT2D eigenvalue weighted by Crippen LogP contribution is -2.30. The van der Waals surface area contributed by atoms with E-state index >= 15 is 0 Å². The number of hydrogen-bond donors (Lipinski definition) is 1. The molecule has 3 heteroatoms. The van der Waals surface area contributed by atoms with Gasteiger partial charge in [-0.25, -0.2) is 0 Å². The fraction of sp³-hybridized carbons (Fsp3) is 0.923. The highest BCUT2D eigenvalue weighted by Crippen LogP contribution is 2.46. The molecular weight excluding hydrogens is 266 g/mol. The van der Waals surface area contributed by atoms with Gasteiger partial charge in [0.2, 0.25) is 5.91 Å². The van der Waals surface area contributed by atoms with Crippen LogP contribution in [0.25, 0.3) is 0 Å². The van der Waals surface area contributed by atoms with Gasteiger partial charge in [-0.2, -0.15) is 0 Å². The highest BCUT2D eigenvalue weighted by molar-refractivity contribution is 9.09. The zero-order valence-electron chi connectivity index (χ0n) is 10.4. The van der Waals surface area contributed by atoms with E-state index in [9.17, 15) is 4.79 Å². The van der Waals surface area contributed by atoms with E-state index in [1.165, 1.54) is 38.5 Å². The van der Waals surface area contributed by atoms with Crippen LogP contribution >= 0.6 is 15.9 Å². The Balaban J connectivity index is 1.95. The molecule has 0 atom stereocenters. The van der Waals surface area contributed by atoms with E-state index in [1.54, 1.807) is 0 Å². The average Bonchev–Trinajstić information content (AvgIpc) is 3.07. The molecule has 1 aliphatic rings. The van der Waals surface area contributed by atoms with Crippen molar-refractivity contribution in [2.24, 2.45) is 5.41 Å². The third-order valence-electron chi connectivity index (χ3n) is 3.41. The molecule has 0 aliphatic heterocycles. The molecule has 0 aromatic carbocycles. The van der Waals surface area contributed by atoms with Gasteiger partial charge in [-0.1, -0.05) is 48.5 Å². The molecule has 0 unspecified atom stereocenters. The van der Waals surface area contributed by atoms with E-state index in [-0.39, 0.29) is 5.91 Å². The Hall–Kier alpha value is -0.0500. The van der Waals surface area contributed by atoms with E-state index in [1.807, 2.05) is 0 Å². The second-order valence-corrected chi connectivity index (χ2v) is 5.64. The van der Waals surface area contributed by atoms with Crippen molar-refractivity contribution in [1.82, 2.24) is 5.32 Å². The summed E-state index contributed by atoms with van der Waals surface area (Å²) in [7, 11) is 0. The summed E-state index contributed by atoms with van der Waals surface area (Å²) in [5.41, 5.74) is 0.401. The maximum absolute atomic E-state index is 11.5. The first-order valence-corrected chi connectivity index (χ1v) is 7.67. The maximum Gasteiger partial charge on any atom is 0.220 e. The molecule has 1 fully saturated rings. The SMILES string of the molecule is CCCCCCCC(=O)NCC1(CBr)CC1. The minimum atomic E-state index is 0.240. The van der Waals surface area contributed by atoms with Gasteiger partial charge in [-0.3, -0.25) is 4.79 Å². The minimum Gasteiger partial charge on any atom is -0.356 e. The van der Waals surface area contributed by atoms with Crippen LogP contribution in [0.3, 0.4) is 0 Å². The summed E-state index contributed by atoms with van der Waals surface area (Å²) in [5.74, 6) is 0.240. The van der Waals surface area contributed by atoms with Gasteiger partial charge in [0.05, 0.1) is 0 Å². The number of unbranched alkanes of at least 4 members (excludes halogenated alkanes) is 4. The first-order chi connectivity index (χ1) is 7.72. The zero-order valence-corrected chi connectivity index (χ0v) is 11.9. The molecule has 16 heavy (non-hydrogen) atoms. The molecule has 1 saturated carbocycles. The average molecular weight is 290 g/mol. The molecule has 1 rings (SSSR count). The van der Waals surface area contributed by atoms with Crippen LogP contribution in [0, 0.1) is 5.41 Å². The third kappa shape index (κ3) is 5.33. The van der Waals surface area contributed by atoms with Gasteiger partial charge >= 0.3 is 0 Å². The Labute approximate surface area is 108 Å². The molecule has 0 radical (unpaired) electrons. The quantitative estimate of drug-likeness (QED) is 0.510. The molecule has 1 aliphatic carbocycles. The van der Waals surface area contributed by atoms with Gasteiger partial charge in [-0.05, 0) is 24.7 Å². The number of halogens is 1. The number of rotatable bonds is 9. The number of alkyl halides is 1. The van der Waals surface area contributed by atoms with Crippen LogP contribution in [0.1, 0.15) is 58.3 Å². The third-order valence-corrected chi connectivity index (χ3v) is 4.60. The summed E-state index contributed by atoms with van der Waals surface area (Å²) in [5, 5.41) is 4.08. The molecule has 2 nitrogen and oxygen atoms in total. The van der Waals surface area contributed by atoms with Crippen LogP contribution in [0.4, 0.5) is 0 Å². The van der Waals surface area contributed by atoms with Gasteiger partial charge < -0.3 is 5.32 Å². The molecule has 0 aromatic heterocycles. The van der Waals surface area contributed by atoms with E-state index in [0.29, 0.717) is 11.8 Å². The summed E-state index contributed by atoms with van der Waals surface area (Å²) in [6.07, 6.45) is 9.31. The topological polar surface area (TPSA) is 29.1 Å². The second kappa shape index (κ2) is 7.31. The van der Waals surface area contributed by atoms with Crippen molar-refractivity contribution in [3.8, 4) is 0 Å². The standard InChI is InChI=1S/C13H24BrNO/c1-2-3-4-5-6-7-12(16)15-11-13(10-14)8-9-13/h2-11H2,1H3,(H,15,16). The Bertz CT molecular complexity index is 214. The van der Waals surface area contributed by atoms with E-state index in [2.05, 4.69) is 28.2 Å². The van der Waals surface area contributed by atoms with Crippen LogP contribution in [0.15, 0.2) is 0 Å². The Morgan fingerprint density at radius 1 is 1.25 bits per heavy atom. The van der Waals surface area contributed by atoms with Crippen molar-refractivity contribution >= 4 is 21.8 Å². The number of amides is 1. The van der Waals surface area contributed by atoms with Gasteiger partial charge in [-0.15, -0.1) is 0 Å². The summed E-state index contributed by atoms with van der Waals surface area (Å²) < 4.78 is 0. The lowest BCUT2D eigenvalue weighted by Gasteiger charge is -2.12. The van der Waals surface area contributed by atoms with Gasteiger partial charge in [0.25, 0.3) is 0 Å². The smallest absolute Gasteiger partial charge is 0.220 e. The first kappa shape index (κ1) is 14.0. The number of hydrogen-bond acceptors (Lipinski definition) is 1. The summed E-state index contributed by atoms with van der Waals surface area (Å²) in [6.45, 7) is 3.08. The lowest BCUT2D eigenvalue weighted by atomic mass is 10.1. The predicted octanol–water partition coefficient (Wildman–Crippen LogP) is 3.64. The van der Waals surface area contributed by atoms with Crippen LogP contribution in [0.2, 0.25) is 0 Å². The van der Waals surface area contributed by atoms with Crippen molar-refractivity contribution in [2.75, 3.05) is 11.9 Å². The van der Waals surface area contributed by atoms with Gasteiger partial charge in [0, 0.05) is 18.3 Å². The van der Waals surface area contributed by atoms with Crippen molar-refractivity contribution in [3.05, 3.63) is 0 Å². The molecule has 94 valence electrons. The van der Waals surface area contributed by atoms with Crippen LogP contribution in [0.5, 0.6) is 0 Å². The largest absolute Gasteiger partial charge is 0.356 e. The fourth-order valence-corrected chi connectivity index (χ4v) is 2.56. The van der Waals surface area contributed by atoms with Gasteiger partial charge in [0.15, 0.2) is 0 Å². The molecule has 1 amide bonds. The highest BCUT2D eigenvalue weighted by Gasteiger charge is 2.41. The zero-order chi connectivity index (χ0) is 11.9. The number of carbonyl (C=O) groups is 1. The van der Waals surface area contributed by atoms with E-state index < -0.39 is 0 Å². The Kier molecular flexibility index (Phi) is 6.40. The van der Waals surface area contributed by atoms with Crippen LogP contribution in [-0.4, -0.2) is 17.8 Å². The fourth-order valence-electron chi connectivity index (χ4n) is 1.80. The summed E-state index contributed by atoms with van der Waals surface area (Å²) >= 11 is 3.51. The molecule has 0 aromatic rings. The molecular formula is C13H24BrNO. The molecule has 1 N–H and O–H groups in total. The van der Waals surface area contributed by atoms with Crippen molar-refractivity contribution in [3.63, 3.8) is 0 Å². The molecule has 0 heterocycles. The molecule has 0 saturated heterocycles. The van der Waals surface area contributed by atoms with E-state index in [4.69, 9.17) is 0 Å². The Morgan fingerprint density at radius 3 is 2.50 bits per heavy atom. The van der Waals surface area contributed by atoms with Crippen LogP contribution in [-0.2, 0) is 4.79 Å².